The van der Waals surface area contributed by atoms with Gasteiger partial charge in [-0.2, -0.15) is 0 Å². The summed E-state index contributed by atoms with van der Waals surface area (Å²) in [5, 5.41) is 14.5. The van der Waals surface area contributed by atoms with Crippen molar-refractivity contribution in [3.63, 3.8) is 0 Å². The van der Waals surface area contributed by atoms with Gasteiger partial charge in [-0.05, 0) is 68.0 Å². The predicted octanol–water partition coefficient (Wildman–Crippen LogP) is 4.62. The van der Waals surface area contributed by atoms with E-state index >= 15 is 0 Å². The molecular formula is C26H34N2O3. The zero-order valence-electron chi connectivity index (χ0n) is 18.9. The van der Waals surface area contributed by atoms with Gasteiger partial charge in [0.2, 0.25) is 5.91 Å². The molecule has 0 aromatic heterocycles. The molecule has 1 aliphatic heterocycles. The highest BCUT2D eigenvalue weighted by Gasteiger charge is 2.49. The summed E-state index contributed by atoms with van der Waals surface area (Å²) in [6.45, 7) is 5.07. The molecule has 2 aromatic rings. The van der Waals surface area contributed by atoms with Crippen molar-refractivity contribution in [1.82, 2.24) is 4.90 Å². The number of benzene rings is 2. The zero-order chi connectivity index (χ0) is 22.0. The van der Waals surface area contributed by atoms with Gasteiger partial charge in [0.15, 0.2) is 0 Å². The van der Waals surface area contributed by atoms with Crippen molar-refractivity contribution in [2.45, 2.75) is 57.6 Å². The van der Waals surface area contributed by atoms with Gasteiger partial charge in [-0.1, -0.05) is 37.1 Å². The first-order valence-electron chi connectivity index (χ1n) is 11.4. The van der Waals surface area contributed by atoms with Gasteiger partial charge in [0.25, 0.3) is 0 Å². The van der Waals surface area contributed by atoms with Crippen molar-refractivity contribution in [2.75, 3.05) is 25.5 Å². The number of likely N-dealkylation sites (tertiary alicyclic amines) is 1. The number of aryl methyl sites for hydroxylation is 2. The Balaban J connectivity index is 1.58. The molecule has 0 radical (unpaired) electrons. The molecule has 31 heavy (non-hydrogen) atoms. The van der Waals surface area contributed by atoms with E-state index < -0.39 is 5.60 Å². The van der Waals surface area contributed by atoms with Gasteiger partial charge < -0.3 is 15.2 Å². The Morgan fingerprint density at radius 2 is 1.94 bits per heavy atom. The number of amides is 1. The summed E-state index contributed by atoms with van der Waals surface area (Å²) in [4.78, 5) is 15.3. The van der Waals surface area contributed by atoms with E-state index in [1.165, 1.54) is 0 Å². The van der Waals surface area contributed by atoms with Crippen molar-refractivity contribution in [3.8, 4) is 5.75 Å². The summed E-state index contributed by atoms with van der Waals surface area (Å²) < 4.78 is 5.33. The van der Waals surface area contributed by atoms with Gasteiger partial charge in [0, 0.05) is 24.2 Å². The van der Waals surface area contributed by atoms with Crippen LogP contribution in [0.4, 0.5) is 5.69 Å². The Morgan fingerprint density at radius 1 is 1.16 bits per heavy atom. The number of fused-ring (bicyclic) bond motifs is 1. The Labute approximate surface area is 185 Å². The van der Waals surface area contributed by atoms with Crippen LogP contribution >= 0.6 is 0 Å². The molecule has 166 valence electrons. The lowest BCUT2D eigenvalue weighted by Crippen LogP contribution is -2.56. The molecule has 5 nitrogen and oxygen atoms in total. The van der Waals surface area contributed by atoms with E-state index in [1.807, 2.05) is 38.1 Å². The highest BCUT2D eigenvalue weighted by Crippen LogP contribution is 2.49. The first-order valence-corrected chi connectivity index (χ1v) is 11.4. The van der Waals surface area contributed by atoms with Crippen LogP contribution in [0.5, 0.6) is 5.75 Å². The van der Waals surface area contributed by atoms with Crippen LogP contribution in [-0.4, -0.2) is 41.7 Å². The Bertz CT molecular complexity index is 927. The average molecular weight is 423 g/mol. The number of methoxy groups -OCH3 is 1. The SMILES string of the molecule is COc1ccc(C2C3CCCCC3(O)CCN2CC(=O)Nc2cc(C)ccc2C)cc1. The van der Waals surface area contributed by atoms with E-state index in [2.05, 4.69) is 28.4 Å². The van der Waals surface area contributed by atoms with E-state index in [1.54, 1.807) is 7.11 Å². The molecule has 2 fully saturated rings. The topological polar surface area (TPSA) is 61.8 Å². The van der Waals surface area contributed by atoms with Gasteiger partial charge in [-0.3, -0.25) is 9.69 Å². The number of carbonyl (C=O) groups is 1. The Kier molecular flexibility index (Phi) is 6.35. The standard InChI is InChI=1S/C26H34N2O3/c1-18-7-8-19(2)23(16-18)27-24(29)17-28-15-14-26(30)13-5-4-6-22(26)25(28)20-9-11-21(31-3)12-10-20/h7-12,16,22,25,30H,4-6,13-15,17H2,1-3H3,(H,27,29). The third kappa shape index (κ3) is 4.63. The maximum atomic E-state index is 13.0. The summed E-state index contributed by atoms with van der Waals surface area (Å²) in [7, 11) is 1.67. The first-order chi connectivity index (χ1) is 14.9. The number of ether oxygens (including phenoxy) is 1. The highest BCUT2D eigenvalue weighted by atomic mass is 16.5. The molecule has 1 heterocycles. The fourth-order valence-corrected chi connectivity index (χ4v) is 5.41. The second-order valence-electron chi connectivity index (χ2n) is 9.26. The van der Waals surface area contributed by atoms with Crippen molar-refractivity contribution in [3.05, 3.63) is 59.2 Å². The van der Waals surface area contributed by atoms with Crippen LogP contribution in [0.2, 0.25) is 0 Å². The second-order valence-corrected chi connectivity index (χ2v) is 9.26. The second kappa shape index (κ2) is 9.01. The van der Waals surface area contributed by atoms with Gasteiger partial charge >= 0.3 is 0 Å². The lowest BCUT2D eigenvalue weighted by Gasteiger charge is -2.52. The van der Waals surface area contributed by atoms with Crippen LogP contribution in [0.15, 0.2) is 42.5 Å². The van der Waals surface area contributed by atoms with E-state index in [4.69, 9.17) is 4.74 Å². The van der Waals surface area contributed by atoms with Gasteiger partial charge in [0.1, 0.15) is 5.75 Å². The van der Waals surface area contributed by atoms with E-state index in [0.717, 1.165) is 60.2 Å². The number of nitrogens with zero attached hydrogens (tertiary/aromatic N) is 1. The normalized spacial score (nSPS) is 26.2. The third-order valence-corrected chi connectivity index (χ3v) is 7.14. The Morgan fingerprint density at radius 3 is 2.68 bits per heavy atom. The minimum Gasteiger partial charge on any atom is -0.497 e. The van der Waals surface area contributed by atoms with Gasteiger partial charge in [-0.15, -0.1) is 0 Å². The number of hydrogen-bond acceptors (Lipinski definition) is 4. The van der Waals surface area contributed by atoms with Crippen LogP contribution in [0.25, 0.3) is 0 Å². The molecule has 1 saturated heterocycles. The number of rotatable bonds is 5. The molecule has 0 spiro atoms. The average Bonchev–Trinajstić information content (AvgIpc) is 2.76. The molecular weight excluding hydrogens is 388 g/mol. The van der Waals surface area contributed by atoms with Gasteiger partial charge in [-0.25, -0.2) is 0 Å². The molecule has 4 rings (SSSR count). The fourth-order valence-electron chi connectivity index (χ4n) is 5.41. The van der Waals surface area contributed by atoms with Crippen molar-refractivity contribution < 1.29 is 14.6 Å². The van der Waals surface area contributed by atoms with Crippen LogP contribution in [0.3, 0.4) is 0 Å². The number of carbonyl (C=O) groups excluding carboxylic acids is 1. The molecule has 3 atom stereocenters. The van der Waals surface area contributed by atoms with E-state index in [9.17, 15) is 9.90 Å². The molecule has 3 unspecified atom stereocenters. The summed E-state index contributed by atoms with van der Waals surface area (Å²) in [5.41, 5.74) is 3.57. The third-order valence-electron chi connectivity index (χ3n) is 7.14. The summed E-state index contributed by atoms with van der Waals surface area (Å²) in [5.74, 6) is 0.947. The molecule has 5 heteroatoms. The Hall–Kier alpha value is -2.37. The number of nitrogens with one attached hydrogen (secondary N) is 1. The minimum atomic E-state index is -0.636. The monoisotopic (exact) mass is 422 g/mol. The lowest BCUT2D eigenvalue weighted by molar-refractivity contribution is -0.135. The van der Waals surface area contributed by atoms with E-state index in [-0.39, 0.29) is 17.9 Å². The maximum Gasteiger partial charge on any atom is 0.238 e. The molecule has 1 amide bonds. The van der Waals surface area contributed by atoms with Gasteiger partial charge in [0.05, 0.1) is 19.3 Å². The smallest absolute Gasteiger partial charge is 0.238 e. The molecule has 2 aromatic carbocycles. The molecule has 2 aliphatic rings. The minimum absolute atomic E-state index is 0.00605. The van der Waals surface area contributed by atoms with E-state index in [0.29, 0.717) is 13.1 Å². The maximum absolute atomic E-state index is 13.0. The van der Waals surface area contributed by atoms with Crippen molar-refractivity contribution in [2.24, 2.45) is 5.92 Å². The van der Waals surface area contributed by atoms with Crippen LogP contribution < -0.4 is 10.1 Å². The predicted molar refractivity (Wildman–Crippen MR) is 123 cm³/mol. The molecule has 0 bridgehead atoms. The zero-order valence-corrected chi connectivity index (χ0v) is 18.9. The van der Waals surface area contributed by atoms with Crippen LogP contribution in [0, 0.1) is 19.8 Å². The number of hydrogen-bond donors (Lipinski definition) is 2. The van der Waals surface area contributed by atoms with Crippen molar-refractivity contribution in [1.29, 1.82) is 0 Å². The molecule has 1 aliphatic carbocycles. The summed E-state index contributed by atoms with van der Waals surface area (Å²) in [6.07, 6.45) is 4.77. The largest absolute Gasteiger partial charge is 0.497 e. The lowest BCUT2D eigenvalue weighted by atomic mass is 9.66. The quantitative estimate of drug-likeness (QED) is 0.738. The first kappa shape index (κ1) is 21.8. The molecule has 1 saturated carbocycles. The fraction of sp³-hybridized carbons (Fsp3) is 0.500. The molecule has 2 N–H and O–H groups in total. The van der Waals surface area contributed by atoms with Crippen LogP contribution in [0.1, 0.15) is 54.8 Å². The highest BCUT2D eigenvalue weighted by molar-refractivity contribution is 5.93. The van der Waals surface area contributed by atoms with Crippen LogP contribution in [-0.2, 0) is 4.79 Å². The number of aliphatic hydroxyl groups is 1. The van der Waals surface area contributed by atoms with Crippen molar-refractivity contribution >= 4 is 11.6 Å². The summed E-state index contributed by atoms with van der Waals surface area (Å²) in [6, 6.07) is 14.2. The number of anilines is 1. The number of piperidine rings is 1. The summed E-state index contributed by atoms with van der Waals surface area (Å²) >= 11 is 0.